The van der Waals surface area contributed by atoms with Gasteiger partial charge in [-0.25, -0.2) is 0 Å². The Labute approximate surface area is 401 Å². The Kier molecular flexibility index (Phi) is 9.25. The average molecular weight is 893 g/mol. The van der Waals surface area contributed by atoms with Crippen LogP contribution in [0.4, 0.5) is 34.1 Å². The molecule has 13 rings (SSSR count). The Morgan fingerprint density at radius 2 is 1.07 bits per heavy atom. The molecule has 0 fully saturated rings. The molecule has 0 N–H and O–H groups in total. The lowest BCUT2D eigenvalue weighted by Crippen LogP contribution is -2.16. The second kappa shape index (κ2) is 15.6. The number of fused-ring (bicyclic) bond motifs is 8. The largest absolute Gasteiger partial charge is 0.309 e. The van der Waals surface area contributed by atoms with E-state index in [9.17, 15) is 0 Å². The fraction of sp³-hybridized carbons (Fsp3) is 0.0476. The molecule has 1 aliphatic heterocycles. The minimum atomic E-state index is -0.238. The Bertz CT molecular complexity index is 3750. The first kappa shape index (κ1) is 39.8. The summed E-state index contributed by atoms with van der Waals surface area (Å²) < 4.78 is 0. The van der Waals surface area contributed by atoms with E-state index >= 15 is 0 Å². The molecule has 0 amide bonds. The summed E-state index contributed by atoms with van der Waals surface area (Å²) in [4.78, 5) is 8.22. The Morgan fingerprint density at radius 1 is 0.448 bits per heavy atom. The Balaban J connectivity index is 1.18. The highest BCUT2D eigenvalue weighted by Crippen LogP contribution is 2.57. The van der Waals surface area contributed by atoms with E-state index in [0.717, 1.165) is 27.6 Å². The zero-order chi connectivity index (χ0) is 44.8. The zero-order valence-corrected chi connectivity index (χ0v) is 38.8. The number of anilines is 6. The van der Waals surface area contributed by atoms with Gasteiger partial charge >= 0.3 is 0 Å². The number of hydrogen-bond donors (Lipinski definition) is 1. The van der Waals surface area contributed by atoms with Crippen molar-refractivity contribution in [3.05, 3.63) is 236 Å². The van der Waals surface area contributed by atoms with Crippen LogP contribution in [-0.2, 0) is 5.41 Å². The lowest BCUT2D eigenvalue weighted by Gasteiger charge is -2.33. The van der Waals surface area contributed by atoms with Crippen molar-refractivity contribution >= 4 is 90.8 Å². The Morgan fingerprint density at radius 3 is 1.88 bits per heavy atom. The predicted octanol–water partition coefficient (Wildman–Crippen LogP) is 18.5. The molecule has 0 unspecified atom stereocenters. The molecule has 318 valence electrons. The van der Waals surface area contributed by atoms with E-state index in [-0.39, 0.29) is 5.41 Å². The van der Waals surface area contributed by atoms with Crippen molar-refractivity contribution in [3.63, 3.8) is 0 Å². The third-order valence-electron chi connectivity index (χ3n) is 14.1. The highest BCUT2D eigenvalue weighted by molar-refractivity contribution is 7.99. The molecule has 2 nitrogen and oxygen atoms in total. The molecule has 0 radical (unpaired) electrons. The van der Waals surface area contributed by atoms with Crippen molar-refractivity contribution in [1.29, 1.82) is 0 Å². The monoisotopic (exact) mass is 892 g/mol. The average Bonchev–Trinajstić information content (AvgIpc) is 3.61. The molecule has 1 aliphatic carbocycles. The van der Waals surface area contributed by atoms with Crippen LogP contribution in [0.3, 0.4) is 0 Å². The van der Waals surface area contributed by atoms with Crippen LogP contribution in [-0.4, -0.2) is 0 Å². The van der Waals surface area contributed by atoms with Crippen LogP contribution in [0.5, 0.6) is 0 Å². The molecule has 0 bridgehead atoms. The van der Waals surface area contributed by atoms with Gasteiger partial charge in [0.05, 0.1) is 17.1 Å². The summed E-state index contributed by atoms with van der Waals surface area (Å²) in [6.07, 6.45) is 0. The van der Waals surface area contributed by atoms with Crippen molar-refractivity contribution < 1.29 is 0 Å². The number of para-hydroxylation sites is 4. The second-order valence-corrected chi connectivity index (χ2v) is 19.8. The van der Waals surface area contributed by atoms with Crippen molar-refractivity contribution in [3.8, 4) is 33.4 Å². The van der Waals surface area contributed by atoms with Crippen LogP contribution in [0.1, 0.15) is 25.0 Å². The van der Waals surface area contributed by atoms with Crippen LogP contribution in [0.15, 0.2) is 239 Å². The maximum absolute atomic E-state index is 5.05. The molecule has 1 heterocycles. The van der Waals surface area contributed by atoms with Crippen molar-refractivity contribution in [1.82, 2.24) is 0 Å². The fourth-order valence-electron chi connectivity index (χ4n) is 11.1. The van der Waals surface area contributed by atoms with Crippen LogP contribution in [0.2, 0.25) is 0 Å². The van der Waals surface area contributed by atoms with Crippen molar-refractivity contribution in [2.24, 2.45) is 0 Å². The van der Waals surface area contributed by atoms with Crippen molar-refractivity contribution in [2.75, 3.05) is 9.80 Å². The normalized spacial score (nSPS) is 13.3. The predicted molar refractivity (Wildman–Crippen MR) is 288 cm³/mol. The van der Waals surface area contributed by atoms with Gasteiger partial charge in [-0.1, -0.05) is 171 Å². The first-order valence-corrected chi connectivity index (χ1v) is 24.2. The van der Waals surface area contributed by atoms with Gasteiger partial charge in [0.1, 0.15) is 0 Å². The molecule has 2 aliphatic rings. The summed E-state index contributed by atoms with van der Waals surface area (Å²) in [5.74, 6) is 0. The van der Waals surface area contributed by atoms with Crippen LogP contribution < -0.4 is 9.80 Å². The zero-order valence-electron chi connectivity index (χ0n) is 37.1. The van der Waals surface area contributed by atoms with E-state index in [4.69, 9.17) is 12.6 Å². The van der Waals surface area contributed by atoms with E-state index < -0.39 is 0 Å². The Hall–Kier alpha value is -7.50. The summed E-state index contributed by atoms with van der Waals surface area (Å²) >= 11 is 6.90. The maximum Gasteiger partial charge on any atom is 0.0601 e. The van der Waals surface area contributed by atoms with Gasteiger partial charge in [0.2, 0.25) is 0 Å². The summed E-state index contributed by atoms with van der Waals surface area (Å²) in [6, 6.07) is 82.8. The first-order chi connectivity index (χ1) is 32.9. The molecule has 67 heavy (non-hydrogen) atoms. The summed E-state index contributed by atoms with van der Waals surface area (Å²) in [5, 5.41) is 7.26. The molecule has 11 aromatic rings. The van der Waals surface area contributed by atoms with E-state index in [2.05, 4.69) is 248 Å². The van der Waals surface area contributed by atoms with E-state index in [0.29, 0.717) is 0 Å². The molecule has 0 saturated carbocycles. The molecule has 11 aromatic carbocycles. The van der Waals surface area contributed by atoms with Crippen LogP contribution >= 0.6 is 24.4 Å². The molecule has 0 spiro atoms. The third-order valence-corrected chi connectivity index (χ3v) is 15.6. The van der Waals surface area contributed by atoms with Gasteiger partial charge in [-0.05, 0) is 156 Å². The van der Waals surface area contributed by atoms with Crippen LogP contribution in [0.25, 0.3) is 65.7 Å². The van der Waals surface area contributed by atoms with Gasteiger partial charge in [0, 0.05) is 37.2 Å². The highest BCUT2D eigenvalue weighted by Gasteiger charge is 2.38. The fourth-order valence-corrected chi connectivity index (χ4v) is 12.4. The minimum Gasteiger partial charge on any atom is -0.309 e. The number of hydrogen-bond acceptors (Lipinski definition) is 4. The highest BCUT2D eigenvalue weighted by atomic mass is 32.2. The number of nitrogens with zero attached hydrogens (tertiary/aromatic N) is 2. The molecular formula is C63H44N2S2. The van der Waals surface area contributed by atoms with E-state index in [1.165, 1.54) is 98.0 Å². The maximum atomic E-state index is 5.05. The van der Waals surface area contributed by atoms with E-state index in [1.807, 2.05) is 11.8 Å². The topological polar surface area (TPSA) is 6.48 Å². The summed E-state index contributed by atoms with van der Waals surface area (Å²) in [6.45, 7) is 4.81. The summed E-state index contributed by atoms with van der Waals surface area (Å²) in [5.41, 5.74) is 16.7. The standard InChI is InChI=1S/C63H44N2S2/c1-63(2)53-24-9-8-21-46(53)49-22-16-23-50(62(49)63)61-48-36-33-44(64(43-19-4-3-5-20-43)54-25-10-13-28-57(54)66)38-51(48)60(42-32-31-40-17-6-7-18-41(40)37-42)47-35-34-45(39-52(47)61)65-55-26-11-14-29-58(55)67-59-30-15-12-27-56(59)65/h3-39,66H,1-2H3. The second-order valence-electron chi connectivity index (χ2n) is 18.2. The number of rotatable bonds is 6. The quantitative estimate of drug-likeness (QED) is 0.131. The molecule has 0 atom stereocenters. The smallest absolute Gasteiger partial charge is 0.0601 e. The number of benzene rings is 11. The minimum absolute atomic E-state index is 0.238. The van der Waals surface area contributed by atoms with Crippen molar-refractivity contribution in [2.45, 2.75) is 33.9 Å². The third kappa shape index (κ3) is 6.28. The molecule has 4 heteroatoms. The number of thiol groups is 1. The summed E-state index contributed by atoms with van der Waals surface area (Å²) in [7, 11) is 0. The van der Waals surface area contributed by atoms with Gasteiger partial charge in [-0.3, -0.25) is 0 Å². The SMILES string of the molecule is CC1(C)c2ccccc2-c2cccc(-c3c4ccc(N(c5ccccc5)c5ccccc5S)cc4c(-c4ccc5ccccc5c4)c4ccc(N5c6ccccc6Sc6ccccc65)cc34)c21. The molecule has 0 saturated heterocycles. The first-order valence-electron chi connectivity index (χ1n) is 23.0. The lowest BCUT2D eigenvalue weighted by molar-refractivity contribution is 0.662. The van der Waals surface area contributed by atoms with E-state index in [1.54, 1.807) is 0 Å². The van der Waals surface area contributed by atoms with Gasteiger partial charge in [-0.15, -0.1) is 12.6 Å². The van der Waals surface area contributed by atoms with Gasteiger partial charge < -0.3 is 9.80 Å². The molecular weight excluding hydrogens is 849 g/mol. The lowest BCUT2D eigenvalue weighted by atomic mass is 9.76. The molecule has 0 aromatic heterocycles. The van der Waals surface area contributed by atoms with Gasteiger partial charge in [-0.2, -0.15) is 0 Å². The van der Waals surface area contributed by atoms with Crippen LogP contribution in [0, 0.1) is 0 Å². The van der Waals surface area contributed by atoms with Gasteiger partial charge in [0.15, 0.2) is 0 Å². The van der Waals surface area contributed by atoms with Gasteiger partial charge in [0.25, 0.3) is 0 Å².